The van der Waals surface area contributed by atoms with Crippen molar-refractivity contribution in [2.75, 3.05) is 25.6 Å². The Bertz CT molecular complexity index is 1160. The fourth-order valence-electron chi connectivity index (χ4n) is 3.09. The molecule has 0 aliphatic carbocycles. The van der Waals surface area contributed by atoms with Gasteiger partial charge in [0.15, 0.2) is 11.5 Å². The Hall–Kier alpha value is -3.98. The van der Waals surface area contributed by atoms with Gasteiger partial charge in [0.25, 0.3) is 5.91 Å². The number of anilines is 1. The standard InChI is InChI=1S/C23H18N2O4/c1-27-20-6-4-16-10-15(2-3-17(16)12-20)11-18(14-24)23(26)25-19-5-7-21-22(13-19)29-9-8-28-21/h2-7,10-13H,8-9H2,1H3,(H,25,26). The molecule has 1 heterocycles. The first-order chi connectivity index (χ1) is 14.2. The molecule has 0 fully saturated rings. The zero-order valence-electron chi connectivity index (χ0n) is 15.8. The van der Waals surface area contributed by atoms with E-state index < -0.39 is 5.91 Å². The van der Waals surface area contributed by atoms with Gasteiger partial charge in [-0.05, 0) is 52.7 Å². The molecule has 6 heteroatoms. The number of ether oxygens (including phenoxy) is 3. The number of carbonyl (C=O) groups is 1. The van der Waals surface area contributed by atoms with Crippen molar-refractivity contribution >= 4 is 28.4 Å². The minimum absolute atomic E-state index is 0.00718. The molecule has 0 unspecified atom stereocenters. The van der Waals surface area contributed by atoms with Gasteiger partial charge in [0.2, 0.25) is 0 Å². The third-order valence-electron chi connectivity index (χ3n) is 4.55. The van der Waals surface area contributed by atoms with Crippen LogP contribution in [0.2, 0.25) is 0 Å². The first kappa shape index (κ1) is 18.4. The molecule has 0 spiro atoms. The zero-order chi connectivity index (χ0) is 20.2. The second-order valence-corrected chi connectivity index (χ2v) is 6.45. The van der Waals surface area contributed by atoms with Crippen LogP contribution in [0.4, 0.5) is 5.69 Å². The lowest BCUT2D eigenvalue weighted by Gasteiger charge is -2.18. The monoisotopic (exact) mass is 386 g/mol. The largest absolute Gasteiger partial charge is 0.497 e. The van der Waals surface area contributed by atoms with Gasteiger partial charge >= 0.3 is 0 Å². The van der Waals surface area contributed by atoms with Crippen LogP contribution < -0.4 is 19.5 Å². The molecular formula is C23H18N2O4. The number of carbonyl (C=O) groups excluding carboxylic acids is 1. The van der Waals surface area contributed by atoms with Crippen LogP contribution >= 0.6 is 0 Å². The number of fused-ring (bicyclic) bond motifs is 2. The normalized spacial score (nSPS) is 12.9. The predicted molar refractivity (Wildman–Crippen MR) is 110 cm³/mol. The van der Waals surface area contributed by atoms with E-state index in [-0.39, 0.29) is 5.57 Å². The van der Waals surface area contributed by atoms with Crippen LogP contribution in [-0.2, 0) is 4.79 Å². The maximum atomic E-state index is 12.6. The van der Waals surface area contributed by atoms with Crippen LogP contribution in [0.1, 0.15) is 5.56 Å². The van der Waals surface area contributed by atoms with E-state index in [1.54, 1.807) is 31.4 Å². The van der Waals surface area contributed by atoms with Gasteiger partial charge in [-0.3, -0.25) is 4.79 Å². The van der Waals surface area contributed by atoms with Gasteiger partial charge in [-0.2, -0.15) is 5.26 Å². The van der Waals surface area contributed by atoms with E-state index in [9.17, 15) is 10.1 Å². The third kappa shape index (κ3) is 3.99. The molecule has 0 aromatic heterocycles. The predicted octanol–water partition coefficient (Wildman–Crippen LogP) is 4.17. The second kappa shape index (κ2) is 7.95. The van der Waals surface area contributed by atoms with Crippen molar-refractivity contribution in [3.8, 4) is 23.3 Å². The van der Waals surface area contributed by atoms with E-state index >= 15 is 0 Å². The van der Waals surface area contributed by atoms with E-state index in [0.717, 1.165) is 22.1 Å². The Balaban J connectivity index is 1.56. The molecule has 1 N–H and O–H groups in total. The number of hydrogen-bond acceptors (Lipinski definition) is 5. The van der Waals surface area contributed by atoms with Crippen molar-refractivity contribution in [2.45, 2.75) is 0 Å². The summed E-state index contributed by atoms with van der Waals surface area (Å²) in [5, 5.41) is 14.2. The molecule has 3 aromatic rings. The number of methoxy groups -OCH3 is 1. The van der Waals surface area contributed by atoms with Crippen molar-refractivity contribution in [1.82, 2.24) is 0 Å². The smallest absolute Gasteiger partial charge is 0.266 e. The highest BCUT2D eigenvalue weighted by Crippen LogP contribution is 2.32. The summed E-state index contributed by atoms with van der Waals surface area (Å²) in [6.07, 6.45) is 1.57. The van der Waals surface area contributed by atoms with Crippen LogP contribution in [0, 0.1) is 11.3 Å². The fraction of sp³-hybridized carbons (Fsp3) is 0.130. The van der Waals surface area contributed by atoms with E-state index in [2.05, 4.69) is 5.32 Å². The van der Waals surface area contributed by atoms with Crippen molar-refractivity contribution in [2.24, 2.45) is 0 Å². The molecule has 1 amide bonds. The number of nitrogens with zero attached hydrogens (tertiary/aromatic N) is 1. The SMILES string of the molecule is COc1ccc2cc(C=C(C#N)C(=O)Nc3ccc4c(c3)OCCO4)ccc2c1. The van der Waals surface area contributed by atoms with E-state index in [1.165, 1.54) is 0 Å². The Morgan fingerprint density at radius 1 is 1.03 bits per heavy atom. The van der Waals surface area contributed by atoms with E-state index in [0.29, 0.717) is 30.4 Å². The van der Waals surface area contributed by atoms with Crippen LogP contribution in [0.5, 0.6) is 17.2 Å². The van der Waals surface area contributed by atoms with Crippen molar-refractivity contribution in [3.63, 3.8) is 0 Å². The molecule has 0 saturated carbocycles. The molecule has 0 radical (unpaired) electrons. The van der Waals surface area contributed by atoms with Gasteiger partial charge in [-0.25, -0.2) is 0 Å². The van der Waals surface area contributed by atoms with E-state index in [4.69, 9.17) is 14.2 Å². The summed E-state index contributed by atoms with van der Waals surface area (Å²) in [7, 11) is 1.62. The van der Waals surface area contributed by atoms with Gasteiger partial charge in [-0.15, -0.1) is 0 Å². The molecule has 3 aromatic carbocycles. The Morgan fingerprint density at radius 2 is 1.79 bits per heavy atom. The molecule has 4 rings (SSSR count). The highest BCUT2D eigenvalue weighted by Gasteiger charge is 2.14. The van der Waals surface area contributed by atoms with Crippen LogP contribution in [0.3, 0.4) is 0 Å². The van der Waals surface area contributed by atoms with Gasteiger partial charge in [-0.1, -0.05) is 18.2 Å². The summed E-state index contributed by atoms with van der Waals surface area (Å²) in [6, 6.07) is 18.6. The first-order valence-corrected chi connectivity index (χ1v) is 9.07. The molecule has 0 saturated heterocycles. The van der Waals surface area contributed by atoms with E-state index in [1.807, 2.05) is 42.5 Å². The van der Waals surface area contributed by atoms with Crippen molar-refractivity contribution in [1.29, 1.82) is 5.26 Å². The van der Waals surface area contributed by atoms with Gasteiger partial charge < -0.3 is 19.5 Å². The number of nitriles is 1. The van der Waals surface area contributed by atoms with Crippen molar-refractivity contribution < 1.29 is 19.0 Å². The van der Waals surface area contributed by atoms with Crippen LogP contribution in [0.15, 0.2) is 60.2 Å². The Morgan fingerprint density at radius 3 is 2.59 bits per heavy atom. The minimum Gasteiger partial charge on any atom is -0.497 e. The molecule has 29 heavy (non-hydrogen) atoms. The van der Waals surface area contributed by atoms with Crippen molar-refractivity contribution in [3.05, 3.63) is 65.7 Å². The number of nitrogens with one attached hydrogen (secondary N) is 1. The molecule has 0 atom stereocenters. The summed E-state index contributed by atoms with van der Waals surface area (Å²) in [5.74, 6) is 1.50. The number of benzene rings is 3. The lowest BCUT2D eigenvalue weighted by atomic mass is 10.0. The maximum absolute atomic E-state index is 12.6. The average molecular weight is 386 g/mol. The number of hydrogen-bond donors (Lipinski definition) is 1. The quantitative estimate of drug-likeness (QED) is 0.538. The summed E-state index contributed by atoms with van der Waals surface area (Å²) in [5.41, 5.74) is 1.30. The van der Waals surface area contributed by atoms with Gasteiger partial charge in [0.05, 0.1) is 7.11 Å². The molecule has 0 bridgehead atoms. The fourth-order valence-corrected chi connectivity index (χ4v) is 3.09. The third-order valence-corrected chi connectivity index (χ3v) is 4.55. The minimum atomic E-state index is -0.487. The summed E-state index contributed by atoms with van der Waals surface area (Å²) < 4.78 is 16.2. The number of amides is 1. The summed E-state index contributed by atoms with van der Waals surface area (Å²) >= 11 is 0. The van der Waals surface area contributed by atoms with Gasteiger partial charge in [0, 0.05) is 11.8 Å². The Kier molecular flexibility index (Phi) is 5.04. The van der Waals surface area contributed by atoms with Gasteiger partial charge in [0.1, 0.15) is 30.6 Å². The molecular weight excluding hydrogens is 368 g/mol. The maximum Gasteiger partial charge on any atom is 0.266 e. The summed E-state index contributed by atoms with van der Waals surface area (Å²) in [6.45, 7) is 0.958. The molecule has 1 aliphatic heterocycles. The second-order valence-electron chi connectivity index (χ2n) is 6.45. The highest BCUT2D eigenvalue weighted by molar-refractivity contribution is 6.10. The first-order valence-electron chi connectivity index (χ1n) is 9.07. The average Bonchev–Trinajstić information content (AvgIpc) is 2.76. The van der Waals surface area contributed by atoms with Crippen LogP contribution in [0.25, 0.3) is 16.8 Å². The zero-order valence-corrected chi connectivity index (χ0v) is 15.8. The Labute approximate surface area is 167 Å². The molecule has 144 valence electrons. The lowest BCUT2D eigenvalue weighted by Crippen LogP contribution is -2.17. The topological polar surface area (TPSA) is 80.6 Å². The lowest BCUT2D eigenvalue weighted by molar-refractivity contribution is -0.112. The van der Waals surface area contributed by atoms with Crippen LogP contribution in [-0.4, -0.2) is 26.2 Å². The molecule has 6 nitrogen and oxygen atoms in total. The summed E-state index contributed by atoms with van der Waals surface area (Å²) in [4.78, 5) is 12.6. The highest BCUT2D eigenvalue weighted by atomic mass is 16.6. The number of rotatable bonds is 4. The molecule has 1 aliphatic rings.